The molecule has 9 heteroatoms. The first-order chi connectivity index (χ1) is 13.6. The van der Waals surface area contributed by atoms with E-state index in [0.717, 1.165) is 15.4 Å². The van der Waals surface area contributed by atoms with Gasteiger partial charge in [0.15, 0.2) is 0 Å². The summed E-state index contributed by atoms with van der Waals surface area (Å²) in [5.41, 5.74) is 2.60. The number of benzene rings is 1. The number of amides is 2. The number of rotatable bonds is 5. The number of nitrogens with one attached hydrogen (secondary N) is 1. The molecule has 0 aliphatic carbocycles. The summed E-state index contributed by atoms with van der Waals surface area (Å²) in [5.74, 6) is -0.326. The van der Waals surface area contributed by atoms with E-state index in [-0.39, 0.29) is 22.6 Å². The summed E-state index contributed by atoms with van der Waals surface area (Å²) in [6.45, 7) is 7.14. The molecule has 154 valence electrons. The summed E-state index contributed by atoms with van der Waals surface area (Å²) in [7, 11) is -2.39. The molecule has 8 nitrogen and oxygen atoms in total. The number of sulfonamides is 1. The topological polar surface area (TPSA) is 106 Å². The summed E-state index contributed by atoms with van der Waals surface area (Å²) in [6.07, 6.45) is 1.67. The van der Waals surface area contributed by atoms with Crippen molar-refractivity contribution in [3.8, 4) is 5.75 Å². The quantitative estimate of drug-likeness (QED) is 0.799. The zero-order chi connectivity index (χ0) is 21.5. The van der Waals surface area contributed by atoms with Crippen LogP contribution in [-0.4, -0.2) is 42.7 Å². The fraction of sp³-hybridized carbons (Fsp3) is 0.350. The first-order valence-electron chi connectivity index (χ1n) is 9.09. The maximum Gasteiger partial charge on any atom is 0.269 e. The highest BCUT2D eigenvalue weighted by molar-refractivity contribution is 7.90. The minimum absolute atomic E-state index is 0.0797. The molecule has 0 saturated heterocycles. The van der Waals surface area contributed by atoms with Crippen molar-refractivity contribution < 1.29 is 22.7 Å². The number of hydrogen-bond donors (Lipinski definition) is 1. The Hall–Kier alpha value is -2.94. The van der Waals surface area contributed by atoms with Gasteiger partial charge in [0.25, 0.3) is 21.8 Å². The average molecular weight is 417 g/mol. The van der Waals surface area contributed by atoms with Gasteiger partial charge in [-0.15, -0.1) is 0 Å². The minimum atomic E-state index is -3.96. The predicted molar refractivity (Wildman–Crippen MR) is 106 cm³/mol. The fourth-order valence-corrected chi connectivity index (χ4v) is 5.21. The number of pyridine rings is 1. The molecule has 3 rings (SSSR count). The third-order valence-corrected chi connectivity index (χ3v) is 6.85. The molecule has 1 aromatic heterocycles. The second kappa shape index (κ2) is 7.47. The van der Waals surface area contributed by atoms with Crippen molar-refractivity contribution in [2.75, 3.05) is 7.11 Å². The Labute approximate surface area is 169 Å². The van der Waals surface area contributed by atoms with Gasteiger partial charge in [-0.2, -0.15) is 0 Å². The van der Waals surface area contributed by atoms with Gasteiger partial charge in [-0.05, 0) is 45.9 Å². The van der Waals surface area contributed by atoms with Crippen molar-refractivity contribution in [2.45, 2.75) is 45.2 Å². The summed E-state index contributed by atoms with van der Waals surface area (Å²) < 4.78 is 31.6. The van der Waals surface area contributed by atoms with Crippen LogP contribution in [0.2, 0.25) is 0 Å². The molecule has 1 N–H and O–H groups in total. The van der Waals surface area contributed by atoms with E-state index >= 15 is 0 Å². The third kappa shape index (κ3) is 3.46. The highest BCUT2D eigenvalue weighted by atomic mass is 32.2. The summed E-state index contributed by atoms with van der Waals surface area (Å²) in [4.78, 5) is 29.2. The lowest BCUT2D eigenvalue weighted by atomic mass is 10.1. The Morgan fingerprint density at radius 2 is 1.97 bits per heavy atom. The van der Waals surface area contributed by atoms with Crippen molar-refractivity contribution in [1.29, 1.82) is 0 Å². The van der Waals surface area contributed by atoms with E-state index in [4.69, 9.17) is 4.74 Å². The maximum absolute atomic E-state index is 12.7. The van der Waals surface area contributed by atoms with Crippen LogP contribution in [0.15, 0.2) is 29.3 Å². The number of carbonyl (C=O) groups excluding carboxylic acids is 2. The molecular formula is C20H23N3O5S. The van der Waals surface area contributed by atoms with Crippen LogP contribution in [0.4, 0.5) is 0 Å². The van der Waals surface area contributed by atoms with Gasteiger partial charge >= 0.3 is 0 Å². The van der Waals surface area contributed by atoms with Crippen LogP contribution in [0.3, 0.4) is 0 Å². The van der Waals surface area contributed by atoms with Crippen molar-refractivity contribution in [2.24, 2.45) is 0 Å². The average Bonchev–Trinajstić information content (AvgIpc) is 2.86. The van der Waals surface area contributed by atoms with Crippen LogP contribution in [0.25, 0.3) is 0 Å². The second-order valence-corrected chi connectivity index (χ2v) is 8.92. The molecule has 2 heterocycles. The van der Waals surface area contributed by atoms with Crippen molar-refractivity contribution in [1.82, 2.24) is 14.6 Å². The van der Waals surface area contributed by atoms with Crippen LogP contribution in [0.1, 0.15) is 51.4 Å². The molecule has 0 bridgehead atoms. The summed E-state index contributed by atoms with van der Waals surface area (Å²) in [5, 5.41) is 2.74. The lowest BCUT2D eigenvalue weighted by Gasteiger charge is -2.18. The predicted octanol–water partition coefficient (Wildman–Crippen LogP) is 2.19. The van der Waals surface area contributed by atoms with Gasteiger partial charge in [-0.3, -0.25) is 14.6 Å². The normalized spacial score (nSPS) is 14.8. The molecule has 29 heavy (non-hydrogen) atoms. The molecule has 0 saturated carbocycles. The van der Waals surface area contributed by atoms with Crippen LogP contribution in [0, 0.1) is 13.8 Å². The van der Waals surface area contributed by atoms with Gasteiger partial charge in [-0.1, -0.05) is 0 Å². The number of aryl methyl sites for hydroxylation is 1. The number of carbonyl (C=O) groups is 2. The Bertz CT molecular complexity index is 1110. The molecule has 0 radical (unpaired) electrons. The van der Waals surface area contributed by atoms with E-state index in [1.165, 1.54) is 18.2 Å². The molecule has 1 aliphatic heterocycles. The maximum atomic E-state index is 12.7. The lowest BCUT2D eigenvalue weighted by Crippen LogP contribution is -2.36. The Morgan fingerprint density at radius 1 is 1.28 bits per heavy atom. The SMILES string of the molecule is COc1c(C)cnc(CNC(=O)c2ccc3c(c2)S(=O)(=O)N(C(C)C)C3=O)c1C. The molecular weight excluding hydrogens is 394 g/mol. The van der Waals surface area contributed by atoms with Crippen LogP contribution >= 0.6 is 0 Å². The van der Waals surface area contributed by atoms with E-state index in [1.807, 2.05) is 13.8 Å². The van der Waals surface area contributed by atoms with Crippen molar-refractivity contribution in [3.63, 3.8) is 0 Å². The number of methoxy groups -OCH3 is 1. The number of hydrogen-bond acceptors (Lipinski definition) is 6. The van der Waals surface area contributed by atoms with E-state index in [0.29, 0.717) is 11.4 Å². The van der Waals surface area contributed by atoms with E-state index in [1.54, 1.807) is 27.2 Å². The molecule has 0 atom stereocenters. The van der Waals surface area contributed by atoms with Crippen molar-refractivity contribution in [3.05, 3.63) is 52.3 Å². The van der Waals surface area contributed by atoms with Gasteiger partial charge < -0.3 is 10.1 Å². The molecule has 1 aromatic carbocycles. The van der Waals surface area contributed by atoms with Gasteiger partial charge in [0.05, 0.1) is 24.9 Å². The van der Waals surface area contributed by atoms with E-state index in [2.05, 4.69) is 10.3 Å². The summed E-state index contributed by atoms with van der Waals surface area (Å²) >= 11 is 0. The fourth-order valence-electron chi connectivity index (χ4n) is 3.41. The van der Waals surface area contributed by atoms with E-state index in [9.17, 15) is 18.0 Å². The lowest BCUT2D eigenvalue weighted by molar-refractivity contribution is 0.0845. The number of nitrogens with zero attached hydrogens (tertiary/aromatic N) is 2. The standard InChI is InChI=1S/C20H23N3O5S/c1-11(2)23-20(25)15-7-6-14(8-17(15)29(23,26)27)19(24)22-10-16-13(4)18(28-5)12(3)9-21-16/h6-9,11H,10H2,1-5H3,(H,22,24). The first kappa shape index (κ1) is 20.8. The first-order valence-corrected chi connectivity index (χ1v) is 10.5. The van der Waals surface area contributed by atoms with Gasteiger partial charge in [-0.25, -0.2) is 12.7 Å². The number of aromatic nitrogens is 1. The highest BCUT2D eigenvalue weighted by Gasteiger charge is 2.42. The number of fused-ring (bicyclic) bond motifs is 1. The van der Waals surface area contributed by atoms with Crippen LogP contribution in [-0.2, 0) is 16.6 Å². The zero-order valence-corrected chi connectivity index (χ0v) is 17.8. The van der Waals surface area contributed by atoms with Gasteiger partial charge in [0.2, 0.25) is 0 Å². The van der Waals surface area contributed by atoms with E-state index < -0.39 is 27.9 Å². The highest BCUT2D eigenvalue weighted by Crippen LogP contribution is 2.32. The number of ether oxygens (including phenoxy) is 1. The van der Waals surface area contributed by atoms with Crippen LogP contribution in [0.5, 0.6) is 5.75 Å². The Kier molecular flexibility index (Phi) is 5.36. The molecule has 0 fully saturated rings. The van der Waals surface area contributed by atoms with Crippen molar-refractivity contribution >= 4 is 21.8 Å². The molecule has 2 aromatic rings. The second-order valence-electron chi connectivity index (χ2n) is 7.14. The monoisotopic (exact) mass is 417 g/mol. The summed E-state index contributed by atoms with van der Waals surface area (Å²) in [6, 6.07) is 3.56. The van der Waals surface area contributed by atoms with Gasteiger partial charge in [0, 0.05) is 28.9 Å². The van der Waals surface area contributed by atoms with Gasteiger partial charge in [0.1, 0.15) is 10.6 Å². The molecule has 1 aliphatic rings. The smallest absolute Gasteiger partial charge is 0.269 e. The Morgan fingerprint density at radius 3 is 2.59 bits per heavy atom. The molecule has 0 spiro atoms. The third-order valence-electron chi connectivity index (χ3n) is 4.85. The minimum Gasteiger partial charge on any atom is -0.496 e. The largest absolute Gasteiger partial charge is 0.496 e. The molecule has 0 unspecified atom stereocenters. The zero-order valence-electron chi connectivity index (χ0n) is 16.9. The van der Waals surface area contributed by atoms with Crippen LogP contribution < -0.4 is 10.1 Å². The molecule has 2 amide bonds. The Balaban J connectivity index is 1.85.